The van der Waals surface area contributed by atoms with E-state index in [1.807, 2.05) is 0 Å². The van der Waals surface area contributed by atoms with Gasteiger partial charge in [-0.3, -0.25) is 0 Å². The molecule has 0 amide bonds. The Kier molecular flexibility index (Phi) is 4.30. The van der Waals surface area contributed by atoms with Gasteiger partial charge in [0.15, 0.2) is 0 Å². The molecule has 0 unspecified atom stereocenters. The molecule has 1 heteroatoms. The van der Waals surface area contributed by atoms with E-state index in [-0.39, 0.29) is 5.41 Å². The van der Waals surface area contributed by atoms with E-state index in [0.717, 1.165) is 25.2 Å². The third-order valence-corrected chi connectivity index (χ3v) is 4.66. The van der Waals surface area contributed by atoms with Crippen LogP contribution in [0.3, 0.4) is 0 Å². The predicted octanol–water partition coefficient (Wildman–Crippen LogP) is 5.07. The number of nitrogens with zero attached hydrogens (tertiary/aromatic N) is 1. The van der Waals surface area contributed by atoms with Crippen LogP contribution >= 0.6 is 0 Å². The fourth-order valence-electron chi connectivity index (χ4n) is 3.05. The van der Waals surface area contributed by atoms with E-state index in [1.54, 1.807) is 0 Å². The van der Waals surface area contributed by atoms with Gasteiger partial charge in [0.25, 0.3) is 0 Å². The Morgan fingerprint density at radius 2 is 1.79 bits per heavy atom. The van der Waals surface area contributed by atoms with Gasteiger partial charge in [0, 0.05) is 0 Å². The Balaban J connectivity index is 2.08. The zero-order chi connectivity index (χ0) is 13.9. The second-order valence-corrected chi connectivity index (χ2v) is 6.65. The van der Waals surface area contributed by atoms with Crippen molar-refractivity contribution in [1.29, 1.82) is 5.26 Å². The second-order valence-electron chi connectivity index (χ2n) is 6.65. The molecule has 0 spiro atoms. The van der Waals surface area contributed by atoms with Gasteiger partial charge in [-0.15, -0.1) is 0 Å². The van der Waals surface area contributed by atoms with Crippen LogP contribution in [0.1, 0.15) is 63.5 Å². The smallest absolute Gasteiger partial charge is 0.0693 e. The highest BCUT2D eigenvalue weighted by atomic mass is 14.4. The third-order valence-electron chi connectivity index (χ3n) is 4.66. The van der Waals surface area contributed by atoms with E-state index in [2.05, 4.69) is 51.1 Å². The summed E-state index contributed by atoms with van der Waals surface area (Å²) in [6, 6.07) is 11.5. The zero-order valence-electron chi connectivity index (χ0n) is 12.4. The number of benzene rings is 1. The van der Waals surface area contributed by atoms with Crippen LogP contribution in [0.2, 0.25) is 0 Å². The van der Waals surface area contributed by atoms with Crippen molar-refractivity contribution < 1.29 is 0 Å². The summed E-state index contributed by atoms with van der Waals surface area (Å²) >= 11 is 0. The maximum Gasteiger partial charge on any atom is 0.0693 e. The van der Waals surface area contributed by atoms with Crippen molar-refractivity contribution in [3.05, 3.63) is 35.4 Å². The molecule has 1 nitrogen and oxygen atoms in total. The Hall–Kier alpha value is -1.29. The normalized spacial score (nSPS) is 27.2. The number of nitriles is 1. The van der Waals surface area contributed by atoms with Gasteiger partial charge >= 0.3 is 0 Å². The molecule has 0 N–H and O–H groups in total. The van der Waals surface area contributed by atoms with Crippen LogP contribution in [0, 0.1) is 22.7 Å². The summed E-state index contributed by atoms with van der Waals surface area (Å²) in [5.74, 6) is 1.37. The highest BCUT2D eigenvalue weighted by Gasteiger charge is 2.34. The molecule has 1 aliphatic rings. The summed E-state index contributed by atoms with van der Waals surface area (Å²) in [5, 5.41) is 9.58. The molecule has 2 rings (SSSR count). The van der Waals surface area contributed by atoms with Gasteiger partial charge in [-0.1, -0.05) is 45.0 Å². The molecule has 0 atom stereocenters. The highest BCUT2D eigenvalue weighted by molar-refractivity contribution is 5.26. The molecule has 0 bridgehead atoms. The SMILES string of the molecule is CC1CCC(C#N)(Cc2ccc(C(C)C)cc2)CC1. The molecular formula is C18H25N. The van der Waals surface area contributed by atoms with Gasteiger partial charge in [-0.05, 0) is 55.1 Å². The minimum atomic E-state index is -0.105. The van der Waals surface area contributed by atoms with Gasteiger partial charge in [0.2, 0.25) is 0 Å². The lowest BCUT2D eigenvalue weighted by Gasteiger charge is -2.33. The first kappa shape index (κ1) is 14.1. The van der Waals surface area contributed by atoms with Crippen LogP contribution in [0.4, 0.5) is 0 Å². The molecule has 19 heavy (non-hydrogen) atoms. The fourth-order valence-corrected chi connectivity index (χ4v) is 3.05. The summed E-state index contributed by atoms with van der Waals surface area (Å²) in [4.78, 5) is 0. The van der Waals surface area contributed by atoms with Crippen LogP contribution < -0.4 is 0 Å². The lowest BCUT2D eigenvalue weighted by molar-refractivity contribution is 0.219. The number of hydrogen-bond donors (Lipinski definition) is 0. The molecule has 1 aliphatic carbocycles. The van der Waals surface area contributed by atoms with Gasteiger partial charge < -0.3 is 0 Å². The lowest BCUT2D eigenvalue weighted by Crippen LogP contribution is -2.27. The molecule has 102 valence electrons. The average molecular weight is 255 g/mol. The molecule has 0 heterocycles. The Morgan fingerprint density at radius 3 is 2.26 bits per heavy atom. The summed E-state index contributed by atoms with van der Waals surface area (Å²) < 4.78 is 0. The van der Waals surface area contributed by atoms with Crippen molar-refractivity contribution in [2.45, 2.75) is 58.8 Å². The van der Waals surface area contributed by atoms with E-state index >= 15 is 0 Å². The third kappa shape index (κ3) is 3.38. The average Bonchev–Trinajstić information content (AvgIpc) is 2.42. The van der Waals surface area contributed by atoms with Gasteiger partial charge in [-0.2, -0.15) is 5.26 Å². The molecule has 1 aromatic carbocycles. The van der Waals surface area contributed by atoms with Crippen LogP contribution in [0.5, 0.6) is 0 Å². The van der Waals surface area contributed by atoms with E-state index in [1.165, 1.54) is 24.0 Å². The molecule has 1 saturated carbocycles. The van der Waals surface area contributed by atoms with Crippen molar-refractivity contribution in [3.63, 3.8) is 0 Å². The van der Waals surface area contributed by atoms with Crippen molar-refractivity contribution in [3.8, 4) is 6.07 Å². The van der Waals surface area contributed by atoms with Crippen molar-refractivity contribution in [2.24, 2.45) is 11.3 Å². The topological polar surface area (TPSA) is 23.8 Å². The van der Waals surface area contributed by atoms with Crippen molar-refractivity contribution >= 4 is 0 Å². The molecular weight excluding hydrogens is 230 g/mol. The maximum atomic E-state index is 9.58. The minimum absolute atomic E-state index is 0.105. The van der Waals surface area contributed by atoms with E-state index < -0.39 is 0 Å². The number of rotatable bonds is 3. The molecule has 0 radical (unpaired) electrons. The van der Waals surface area contributed by atoms with Crippen LogP contribution in [0.25, 0.3) is 0 Å². The molecule has 1 aromatic rings. The first-order valence-corrected chi connectivity index (χ1v) is 7.55. The predicted molar refractivity (Wildman–Crippen MR) is 79.9 cm³/mol. The van der Waals surface area contributed by atoms with Crippen LogP contribution in [-0.4, -0.2) is 0 Å². The first-order chi connectivity index (χ1) is 9.04. The Morgan fingerprint density at radius 1 is 1.21 bits per heavy atom. The van der Waals surface area contributed by atoms with Gasteiger partial charge in [0.1, 0.15) is 0 Å². The molecule has 0 saturated heterocycles. The van der Waals surface area contributed by atoms with Crippen molar-refractivity contribution in [1.82, 2.24) is 0 Å². The highest BCUT2D eigenvalue weighted by Crippen LogP contribution is 2.40. The summed E-state index contributed by atoms with van der Waals surface area (Å²) in [6.07, 6.45) is 5.47. The second kappa shape index (κ2) is 5.78. The van der Waals surface area contributed by atoms with E-state index in [0.29, 0.717) is 5.92 Å². The molecule has 0 aliphatic heterocycles. The summed E-state index contributed by atoms with van der Waals surface area (Å²) in [6.45, 7) is 6.74. The van der Waals surface area contributed by atoms with Gasteiger partial charge in [-0.25, -0.2) is 0 Å². The molecule has 0 aromatic heterocycles. The van der Waals surface area contributed by atoms with Gasteiger partial charge in [0.05, 0.1) is 11.5 Å². The van der Waals surface area contributed by atoms with E-state index in [9.17, 15) is 5.26 Å². The quantitative estimate of drug-likeness (QED) is 0.739. The standard InChI is InChI=1S/C18H25N/c1-14(2)17-6-4-16(5-7-17)12-18(13-19)10-8-15(3)9-11-18/h4-7,14-15H,8-12H2,1-3H3. The Labute approximate surface area is 117 Å². The summed E-state index contributed by atoms with van der Waals surface area (Å²) in [7, 11) is 0. The maximum absolute atomic E-state index is 9.58. The Bertz CT molecular complexity index is 442. The minimum Gasteiger partial charge on any atom is -0.198 e. The number of hydrogen-bond acceptors (Lipinski definition) is 1. The zero-order valence-corrected chi connectivity index (χ0v) is 12.4. The largest absolute Gasteiger partial charge is 0.198 e. The van der Waals surface area contributed by atoms with Crippen LogP contribution in [0.15, 0.2) is 24.3 Å². The van der Waals surface area contributed by atoms with Crippen LogP contribution in [-0.2, 0) is 6.42 Å². The van der Waals surface area contributed by atoms with E-state index in [4.69, 9.17) is 0 Å². The van der Waals surface area contributed by atoms with Crippen molar-refractivity contribution in [2.75, 3.05) is 0 Å². The fraction of sp³-hybridized carbons (Fsp3) is 0.611. The lowest BCUT2D eigenvalue weighted by atomic mass is 9.69. The summed E-state index contributed by atoms with van der Waals surface area (Å²) in [5.41, 5.74) is 2.60. The monoisotopic (exact) mass is 255 g/mol. The molecule has 1 fully saturated rings. The first-order valence-electron chi connectivity index (χ1n) is 7.55.